The third-order valence-corrected chi connectivity index (χ3v) is 4.97. The van der Waals surface area contributed by atoms with E-state index in [1.54, 1.807) is 43.1 Å². The van der Waals surface area contributed by atoms with Crippen LogP contribution in [0.15, 0.2) is 30.3 Å². The van der Waals surface area contributed by atoms with Gasteiger partial charge in [0.2, 0.25) is 5.91 Å². The summed E-state index contributed by atoms with van der Waals surface area (Å²) < 4.78 is 12.4. The van der Waals surface area contributed by atoms with Crippen LogP contribution in [-0.4, -0.2) is 59.9 Å². The number of benzene rings is 1. The van der Waals surface area contributed by atoms with Gasteiger partial charge in [0.25, 0.3) is 5.91 Å². The molecule has 1 aromatic carbocycles. The second-order valence-corrected chi connectivity index (χ2v) is 8.78. The first-order valence-electron chi connectivity index (χ1n) is 11.0. The predicted octanol–water partition coefficient (Wildman–Crippen LogP) is 3.62. The molecule has 0 radical (unpaired) electrons. The normalized spacial score (nSPS) is 11.3. The number of carbonyl (C=O) groups excluding carboxylic acids is 2. The zero-order chi connectivity index (χ0) is 23.7. The van der Waals surface area contributed by atoms with Gasteiger partial charge in [0.05, 0.1) is 18.9 Å². The minimum absolute atomic E-state index is 0.0903. The average Bonchev–Trinajstić information content (AvgIpc) is 3.12. The summed E-state index contributed by atoms with van der Waals surface area (Å²) in [5, 5.41) is 7.33. The Labute approximate surface area is 190 Å². The van der Waals surface area contributed by atoms with Gasteiger partial charge in [-0.25, -0.2) is 0 Å². The van der Waals surface area contributed by atoms with E-state index >= 15 is 0 Å². The molecule has 0 unspecified atom stereocenters. The number of unbranched alkanes of at least 4 members (excludes halogenated alkanes) is 1. The lowest BCUT2D eigenvalue weighted by atomic mass is 9.92. The van der Waals surface area contributed by atoms with Gasteiger partial charge >= 0.3 is 0 Å². The molecule has 1 heterocycles. The number of rotatable bonds is 11. The summed E-state index contributed by atoms with van der Waals surface area (Å²) in [4.78, 5) is 27.3. The number of hydrogen-bond donors (Lipinski definition) is 1. The monoisotopic (exact) mass is 444 g/mol. The number of aromatic nitrogens is 2. The number of nitrogens with one attached hydrogen (secondary N) is 1. The Morgan fingerprint density at radius 1 is 1.16 bits per heavy atom. The lowest BCUT2D eigenvalue weighted by Crippen LogP contribution is -2.40. The zero-order valence-corrected chi connectivity index (χ0v) is 20.1. The van der Waals surface area contributed by atoms with Gasteiger partial charge in [0.15, 0.2) is 0 Å². The molecule has 0 aliphatic carbocycles. The first kappa shape index (κ1) is 25.4. The van der Waals surface area contributed by atoms with Crippen molar-refractivity contribution in [1.82, 2.24) is 14.7 Å². The van der Waals surface area contributed by atoms with E-state index < -0.39 is 0 Å². The van der Waals surface area contributed by atoms with Gasteiger partial charge < -0.3 is 19.7 Å². The largest absolute Gasteiger partial charge is 0.494 e. The highest BCUT2D eigenvalue weighted by Crippen LogP contribution is 2.23. The Kier molecular flexibility index (Phi) is 9.26. The molecular weight excluding hydrogens is 408 g/mol. The number of aryl methyl sites for hydroxylation is 1. The number of amides is 2. The van der Waals surface area contributed by atoms with Crippen LogP contribution in [0.25, 0.3) is 0 Å². The lowest BCUT2D eigenvalue weighted by molar-refractivity contribution is -0.117. The maximum absolute atomic E-state index is 13.0. The van der Waals surface area contributed by atoms with Crippen molar-refractivity contribution in [3.63, 3.8) is 0 Å². The molecule has 0 spiro atoms. The summed E-state index contributed by atoms with van der Waals surface area (Å²) in [7, 11) is 3.34. The topological polar surface area (TPSA) is 85.7 Å². The van der Waals surface area contributed by atoms with Gasteiger partial charge in [-0.1, -0.05) is 34.1 Å². The Bertz CT molecular complexity index is 884. The van der Waals surface area contributed by atoms with Crippen LogP contribution in [0, 0.1) is 0 Å². The Morgan fingerprint density at radius 2 is 1.84 bits per heavy atom. The minimum Gasteiger partial charge on any atom is -0.494 e. The van der Waals surface area contributed by atoms with Crippen LogP contribution in [-0.2, 0) is 22.0 Å². The number of carbonyl (C=O) groups is 2. The highest BCUT2D eigenvalue weighted by atomic mass is 16.5. The van der Waals surface area contributed by atoms with E-state index in [1.807, 2.05) is 6.07 Å². The van der Waals surface area contributed by atoms with Crippen molar-refractivity contribution >= 4 is 17.6 Å². The van der Waals surface area contributed by atoms with E-state index in [1.165, 1.54) is 4.90 Å². The van der Waals surface area contributed by atoms with E-state index in [4.69, 9.17) is 9.47 Å². The summed E-state index contributed by atoms with van der Waals surface area (Å²) in [5.41, 5.74) is 1.24. The number of ether oxygens (including phenoxy) is 2. The van der Waals surface area contributed by atoms with E-state index in [0.717, 1.165) is 24.3 Å². The summed E-state index contributed by atoms with van der Waals surface area (Å²) in [6, 6.07) is 8.86. The highest BCUT2D eigenvalue weighted by molar-refractivity contribution is 5.99. The van der Waals surface area contributed by atoms with Crippen LogP contribution in [0.3, 0.4) is 0 Å². The molecule has 32 heavy (non-hydrogen) atoms. The number of anilines is 1. The third kappa shape index (κ3) is 7.37. The Hall–Kier alpha value is -2.87. The molecule has 0 aliphatic heterocycles. The number of methoxy groups -OCH3 is 1. The van der Waals surface area contributed by atoms with Crippen LogP contribution in [0.4, 0.5) is 5.82 Å². The molecule has 8 nitrogen and oxygen atoms in total. The lowest BCUT2D eigenvalue weighted by Gasteiger charge is -2.22. The molecule has 2 amide bonds. The van der Waals surface area contributed by atoms with Gasteiger partial charge in [-0.3, -0.25) is 14.3 Å². The van der Waals surface area contributed by atoms with E-state index in [0.29, 0.717) is 31.1 Å². The van der Waals surface area contributed by atoms with E-state index in [2.05, 4.69) is 38.1 Å². The van der Waals surface area contributed by atoms with Crippen molar-refractivity contribution in [2.75, 3.05) is 38.7 Å². The highest BCUT2D eigenvalue weighted by Gasteiger charge is 2.22. The number of nitrogens with zero attached hydrogens (tertiary/aromatic N) is 3. The van der Waals surface area contributed by atoms with Crippen LogP contribution < -0.4 is 10.1 Å². The van der Waals surface area contributed by atoms with Crippen LogP contribution in [0.1, 0.15) is 56.6 Å². The molecule has 2 rings (SSSR count). The van der Waals surface area contributed by atoms with Crippen molar-refractivity contribution in [3.05, 3.63) is 41.6 Å². The van der Waals surface area contributed by atoms with Crippen LogP contribution in [0.5, 0.6) is 5.75 Å². The molecule has 176 valence electrons. The molecular formula is C24H36N4O4. The Balaban J connectivity index is 2.06. The molecule has 0 bridgehead atoms. The third-order valence-electron chi connectivity index (χ3n) is 4.97. The maximum atomic E-state index is 13.0. The first-order valence-corrected chi connectivity index (χ1v) is 11.0. The molecule has 2 aromatic rings. The predicted molar refractivity (Wildman–Crippen MR) is 125 cm³/mol. The molecule has 0 atom stereocenters. The second-order valence-electron chi connectivity index (χ2n) is 8.78. The maximum Gasteiger partial charge on any atom is 0.254 e. The van der Waals surface area contributed by atoms with Crippen molar-refractivity contribution < 1.29 is 19.1 Å². The van der Waals surface area contributed by atoms with Crippen LogP contribution >= 0.6 is 0 Å². The van der Waals surface area contributed by atoms with Crippen molar-refractivity contribution in [3.8, 4) is 5.75 Å². The van der Waals surface area contributed by atoms with Crippen molar-refractivity contribution in [2.24, 2.45) is 7.05 Å². The molecule has 0 fully saturated rings. The van der Waals surface area contributed by atoms with Gasteiger partial charge in [-0.15, -0.1) is 0 Å². The van der Waals surface area contributed by atoms with Crippen LogP contribution in [0.2, 0.25) is 0 Å². The molecule has 0 saturated carbocycles. The van der Waals surface area contributed by atoms with Gasteiger partial charge in [0, 0.05) is 37.7 Å². The fourth-order valence-electron chi connectivity index (χ4n) is 2.97. The molecule has 8 heteroatoms. The van der Waals surface area contributed by atoms with Gasteiger partial charge in [-0.05, 0) is 30.7 Å². The van der Waals surface area contributed by atoms with Crippen molar-refractivity contribution in [1.29, 1.82) is 0 Å². The Morgan fingerprint density at radius 3 is 2.41 bits per heavy atom. The van der Waals surface area contributed by atoms with Gasteiger partial charge in [0.1, 0.15) is 18.1 Å². The minimum atomic E-state index is -0.294. The fourth-order valence-corrected chi connectivity index (χ4v) is 2.97. The van der Waals surface area contributed by atoms with Gasteiger partial charge in [-0.2, -0.15) is 5.10 Å². The second kappa shape index (κ2) is 11.7. The quantitative estimate of drug-likeness (QED) is 0.535. The molecule has 1 aromatic heterocycles. The first-order chi connectivity index (χ1) is 15.2. The molecule has 1 N–H and O–H groups in total. The summed E-state index contributed by atoms with van der Waals surface area (Å²) in [6.07, 6.45) is 2.04. The van der Waals surface area contributed by atoms with Crippen molar-refractivity contribution in [2.45, 2.75) is 46.0 Å². The van der Waals surface area contributed by atoms with E-state index in [9.17, 15) is 9.59 Å². The number of hydrogen-bond acceptors (Lipinski definition) is 5. The van der Waals surface area contributed by atoms with E-state index in [-0.39, 0.29) is 23.8 Å². The standard InChI is InChI=1S/C24H36N4O4/c1-7-8-14-32-19-11-9-18(10-12-19)23(30)28(13-15-31-6)17-22(29)25-21-16-20(24(2,3)4)26-27(21)5/h9-12,16H,7-8,13-15,17H2,1-6H3,(H,25,29). The molecule has 0 saturated heterocycles. The summed E-state index contributed by atoms with van der Waals surface area (Å²) in [5.74, 6) is 0.782. The fraction of sp³-hybridized carbons (Fsp3) is 0.542. The average molecular weight is 445 g/mol. The summed E-state index contributed by atoms with van der Waals surface area (Å²) >= 11 is 0. The summed E-state index contributed by atoms with van der Waals surface area (Å²) in [6.45, 7) is 9.48. The molecule has 0 aliphatic rings. The zero-order valence-electron chi connectivity index (χ0n) is 20.1. The SMILES string of the molecule is CCCCOc1ccc(C(=O)N(CCOC)CC(=O)Nc2cc(C(C)(C)C)nn2C)cc1. The smallest absolute Gasteiger partial charge is 0.254 e.